The van der Waals surface area contributed by atoms with Crippen LogP contribution in [0.15, 0.2) is 27.3 Å². The van der Waals surface area contributed by atoms with Gasteiger partial charge in [0.1, 0.15) is 5.69 Å². The highest BCUT2D eigenvalue weighted by Gasteiger charge is 2.08. The fourth-order valence-corrected chi connectivity index (χ4v) is 1.47. The molecule has 0 aliphatic carbocycles. The molecule has 0 aromatic carbocycles. The van der Waals surface area contributed by atoms with Crippen molar-refractivity contribution < 1.29 is 4.42 Å². The van der Waals surface area contributed by atoms with E-state index in [9.17, 15) is 0 Å². The molecule has 6 heteroatoms. The van der Waals surface area contributed by atoms with E-state index < -0.39 is 0 Å². The van der Waals surface area contributed by atoms with Crippen LogP contribution in [0.5, 0.6) is 0 Å². The summed E-state index contributed by atoms with van der Waals surface area (Å²) in [5.74, 6) is 0.586. The fraction of sp³-hybridized carbons (Fsp3) is 0. The van der Waals surface area contributed by atoms with E-state index >= 15 is 0 Å². The Morgan fingerprint density at radius 3 is 2.57 bits per heavy atom. The second-order valence-corrected chi connectivity index (χ2v) is 4.02. The highest BCUT2D eigenvalue weighted by molar-refractivity contribution is 9.10. The molecule has 0 fully saturated rings. The van der Waals surface area contributed by atoms with Crippen LogP contribution in [0.2, 0.25) is 10.2 Å². The zero-order valence-electron chi connectivity index (χ0n) is 6.67. The first kappa shape index (κ1) is 9.96. The van der Waals surface area contributed by atoms with Crippen LogP contribution in [-0.4, -0.2) is 10.2 Å². The molecule has 0 aliphatic rings. The lowest BCUT2D eigenvalue weighted by atomic mass is 10.3. The van der Waals surface area contributed by atoms with Crippen LogP contribution in [0.3, 0.4) is 0 Å². The molecule has 0 unspecified atom stereocenters. The normalized spacial score (nSPS) is 10.5. The van der Waals surface area contributed by atoms with E-state index in [-0.39, 0.29) is 5.15 Å². The molecule has 2 heterocycles. The number of nitrogens with zero attached hydrogens (tertiary/aromatic N) is 2. The van der Waals surface area contributed by atoms with Crippen LogP contribution in [0, 0.1) is 0 Å². The van der Waals surface area contributed by atoms with Crippen LogP contribution in [0.4, 0.5) is 0 Å². The topological polar surface area (TPSA) is 38.9 Å². The van der Waals surface area contributed by atoms with Gasteiger partial charge in [-0.05, 0) is 34.1 Å². The number of hydrogen-bond acceptors (Lipinski definition) is 3. The molecule has 0 atom stereocenters. The summed E-state index contributed by atoms with van der Waals surface area (Å²) in [7, 11) is 0. The second kappa shape index (κ2) is 3.88. The van der Waals surface area contributed by atoms with Crippen molar-refractivity contribution >= 4 is 39.1 Å². The number of halogens is 3. The third-order valence-electron chi connectivity index (χ3n) is 1.53. The minimum absolute atomic E-state index is 0.182. The summed E-state index contributed by atoms with van der Waals surface area (Å²) in [6, 6.07) is 5.13. The first-order valence-electron chi connectivity index (χ1n) is 3.61. The molecule has 2 aromatic heterocycles. The van der Waals surface area contributed by atoms with Crippen molar-refractivity contribution in [3.8, 4) is 11.5 Å². The number of furan rings is 1. The Labute approximate surface area is 98.2 Å². The van der Waals surface area contributed by atoms with Gasteiger partial charge in [0.2, 0.25) is 0 Å². The summed E-state index contributed by atoms with van der Waals surface area (Å²) in [6.45, 7) is 0. The lowest BCUT2D eigenvalue weighted by Gasteiger charge is -1.96. The van der Waals surface area contributed by atoms with E-state index in [2.05, 4.69) is 26.1 Å². The van der Waals surface area contributed by atoms with Crippen LogP contribution in [0.25, 0.3) is 11.5 Å². The Hall–Kier alpha value is -0.580. The second-order valence-electron chi connectivity index (χ2n) is 2.47. The molecule has 0 saturated carbocycles. The van der Waals surface area contributed by atoms with Gasteiger partial charge < -0.3 is 4.42 Å². The maximum absolute atomic E-state index is 5.78. The molecule has 2 rings (SSSR count). The zero-order valence-corrected chi connectivity index (χ0v) is 9.77. The largest absolute Gasteiger partial charge is 0.448 e. The predicted octanol–water partition coefficient (Wildman–Crippen LogP) is 3.81. The monoisotopic (exact) mass is 292 g/mol. The maximum Gasteiger partial charge on any atom is 0.170 e. The average Bonchev–Trinajstić information content (AvgIpc) is 2.57. The van der Waals surface area contributed by atoms with Crippen molar-refractivity contribution in [2.45, 2.75) is 0 Å². The van der Waals surface area contributed by atoms with Crippen LogP contribution >= 0.6 is 39.1 Å². The number of hydrogen-bond donors (Lipinski definition) is 0. The molecule has 72 valence electrons. The summed E-state index contributed by atoms with van der Waals surface area (Å²) >= 11 is 14.6. The summed E-state index contributed by atoms with van der Waals surface area (Å²) in [4.78, 5) is 0. The maximum atomic E-state index is 5.78. The molecule has 0 aliphatic heterocycles. The first-order valence-corrected chi connectivity index (χ1v) is 5.16. The van der Waals surface area contributed by atoms with E-state index in [4.69, 9.17) is 27.6 Å². The molecule has 0 spiro atoms. The SMILES string of the molecule is Clc1cc(-c2ccc(Br)o2)nnc1Cl. The van der Waals surface area contributed by atoms with Crippen molar-refractivity contribution in [3.63, 3.8) is 0 Å². The van der Waals surface area contributed by atoms with E-state index in [0.29, 0.717) is 21.1 Å². The molecule has 0 saturated heterocycles. The first-order chi connectivity index (χ1) is 6.66. The number of aromatic nitrogens is 2. The minimum Gasteiger partial charge on any atom is -0.448 e. The summed E-state index contributed by atoms with van der Waals surface area (Å²) in [6.07, 6.45) is 0. The van der Waals surface area contributed by atoms with Crippen molar-refractivity contribution in [1.82, 2.24) is 10.2 Å². The zero-order chi connectivity index (χ0) is 10.1. The van der Waals surface area contributed by atoms with Crippen LogP contribution < -0.4 is 0 Å². The Kier molecular flexibility index (Phi) is 2.76. The van der Waals surface area contributed by atoms with Gasteiger partial charge in [0.05, 0.1) is 5.02 Å². The molecular formula is C8H3BrCl2N2O. The van der Waals surface area contributed by atoms with Gasteiger partial charge >= 0.3 is 0 Å². The highest BCUT2D eigenvalue weighted by atomic mass is 79.9. The third kappa shape index (κ3) is 1.92. The smallest absolute Gasteiger partial charge is 0.170 e. The van der Waals surface area contributed by atoms with Gasteiger partial charge in [0.15, 0.2) is 15.6 Å². The quantitative estimate of drug-likeness (QED) is 0.802. The molecule has 0 N–H and O–H groups in total. The van der Waals surface area contributed by atoms with E-state index in [1.54, 1.807) is 18.2 Å². The molecule has 0 radical (unpaired) electrons. The van der Waals surface area contributed by atoms with E-state index in [1.165, 1.54) is 0 Å². The summed E-state index contributed by atoms with van der Waals surface area (Å²) < 4.78 is 5.90. The van der Waals surface area contributed by atoms with Gasteiger partial charge in [0, 0.05) is 0 Å². The minimum atomic E-state index is 0.182. The third-order valence-corrected chi connectivity index (χ3v) is 2.62. The summed E-state index contributed by atoms with van der Waals surface area (Å²) in [5, 5.41) is 8.05. The van der Waals surface area contributed by atoms with Gasteiger partial charge in [-0.25, -0.2) is 0 Å². The average molecular weight is 294 g/mol. The van der Waals surface area contributed by atoms with Gasteiger partial charge in [-0.2, -0.15) is 0 Å². The van der Waals surface area contributed by atoms with E-state index in [0.717, 1.165) is 0 Å². The summed E-state index contributed by atoms with van der Waals surface area (Å²) in [5.41, 5.74) is 0.546. The predicted molar refractivity (Wildman–Crippen MR) is 57.5 cm³/mol. The Morgan fingerprint density at radius 2 is 2.00 bits per heavy atom. The van der Waals surface area contributed by atoms with Gasteiger partial charge in [0.25, 0.3) is 0 Å². The molecule has 2 aromatic rings. The van der Waals surface area contributed by atoms with E-state index in [1.807, 2.05) is 0 Å². The number of rotatable bonds is 1. The van der Waals surface area contributed by atoms with Crippen LogP contribution in [-0.2, 0) is 0 Å². The van der Waals surface area contributed by atoms with Crippen LogP contribution in [0.1, 0.15) is 0 Å². The lowest BCUT2D eigenvalue weighted by Crippen LogP contribution is -1.87. The van der Waals surface area contributed by atoms with Gasteiger partial charge in [-0.15, -0.1) is 10.2 Å². The molecule has 3 nitrogen and oxygen atoms in total. The van der Waals surface area contributed by atoms with Crippen molar-refractivity contribution in [1.29, 1.82) is 0 Å². The lowest BCUT2D eigenvalue weighted by molar-refractivity contribution is 0.552. The molecule has 0 amide bonds. The highest BCUT2D eigenvalue weighted by Crippen LogP contribution is 2.27. The molecule has 14 heavy (non-hydrogen) atoms. The Balaban J connectivity index is 2.47. The Bertz CT molecular complexity index is 472. The van der Waals surface area contributed by atoms with Crippen molar-refractivity contribution in [2.24, 2.45) is 0 Å². The van der Waals surface area contributed by atoms with Crippen molar-refractivity contribution in [3.05, 3.63) is 33.0 Å². The standard InChI is InChI=1S/C8H3BrCl2N2O/c9-7-2-1-6(14-7)5-3-4(10)8(11)13-12-5/h1-3H. The molecular weight excluding hydrogens is 291 g/mol. The Morgan fingerprint density at radius 1 is 1.21 bits per heavy atom. The van der Waals surface area contributed by atoms with Gasteiger partial charge in [-0.1, -0.05) is 23.2 Å². The molecule has 0 bridgehead atoms. The van der Waals surface area contributed by atoms with Gasteiger partial charge in [-0.3, -0.25) is 0 Å². The fourth-order valence-electron chi connectivity index (χ4n) is 0.926. The van der Waals surface area contributed by atoms with Crippen molar-refractivity contribution in [2.75, 3.05) is 0 Å².